The van der Waals surface area contributed by atoms with Gasteiger partial charge >= 0.3 is 5.97 Å². The number of carbonyl (C=O) groups is 2. The topological polar surface area (TPSA) is 100 Å². The Kier molecular flexibility index (Phi) is 13.1. The predicted octanol–water partition coefficient (Wildman–Crippen LogP) is 7.63. The Hall–Kier alpha value is -3.15. The lowest BCUT2D eigenvalue weighted by molar-refractivity contribution is 0.0468. The summed E-state index contributed by atoms with van der Waals surface area (Å²) in [5, 5.41) is 17.0. The van der Waals surface area contributed by atoms with Crippen molar-refractivity contribution in [2.75, 3.05) is 69.4 Å². The highest BCUT2D eigenvalue weighted by Crippen LogP contribution is 2.50. The number of ether oxygens (including phenoxy) is 3. The fourth-order valence-corrected chi connectivity index (χ4v) is 10.7. The molecule has 0 fully saturated rings. The third-order valence-electron chi connectivity index (χ3n) is 12.2. The first-order valence-corrected chi connectivity index (χ1v) is 22.9. The molecule has 12 heteroatoms. The van der Waals surface area contributed by atoms with Crippen LogP contribution in [0.3, 0.4) is 0 Å². The molecular weight excluding hydrogens is 829 g/mol. The number of carbonyl (C=O) groups excluding carboxylic acids is 1. The Morgan fingerprint density at radius 3 is 2.42 bits per heavy atom. The third-order valence-corrected chi connectivity index (χ3v) is 13.4. The number of hydrogen-bond acceptors (Lipinski definition) is 6. The van der Waals surface area contributed by atoms with Crippen LogP contribution in [0, 0.1) is 0 Å². The maximum atomic E-state index is 13.6. The molecule has 8 rings (SSSR count). The van der Waals surface area contributed by atoms with E-state index in [0.29, 0.717) is 25.4 Å². The molecule has 2 N–H and O–H groups in total. The first-order chi connectivity index (χ1) is 27.9. The lowest BCUT2D eigenvalue weighted by Gasteiger charge is -2.36. The summed E-state index contributed by atoms with van der Waals surface area (Å²) in [5.41, 5.74) is 7.92. The number of amides is 1. The van der Waals surface area contributed by atoms with Gasteiger partial charge in [0.15, 0.2) is 0 Å². The summed E-state index contributed by atoms with van der Waals surface area (Å²) >= 11 is 17.8. The van der Waals surface area contributed by atoms with Gasteiger partial charge in [0.2, 0.25) is 5.36 Å². The van der Waals surface area contributed by atoms with Gasteiger partial charge in [-0.2, -0.15) is 0 Å². The molecule has 0 atom stereocenters. The molecule has 5 aliphatic heterocycles. The number of nitrogens with one attached hydrogen (secondary N) is 1. The van der Waals surface area contributed by atoms with Crippen LogP contribution in [-0.2, 0) is 35.2 Å². The van der Waals surface area contributed by atoms with Crippen molar-refractivity contribution >= 4 is 62.3 Å². The average Bonchev–Trinajstić information content (AvgIpc) is 3.55. The van der Waals surface area contributed by atoms with Gasteiger partial charge in [0.25, 0.3) is 5.91 Å². The van der Waals surface area contributed by atoms with E-state index in [1.165, 1.54) is 52.2 Å². The summed E-state index contributed by atoms with van der Waals surface area (Å²) < 4.78 is 21.1. The third kappa shape index (κ3) is 8.23. The molecule has 3 aromatic rings. The number of benzene rings is 3. The molecule has 5 aliphatic rings. The normalized spacial score (nSPS) is 16.8. The van der Waals surface area contributed by atoms with Crippen molar-refractivity contribution in [2.45, 2.75) is 89.9 Å². The lowest BCUT2D eigenvalue weighted by Crippen LogP contribution is -2.41. The molecule has 0 radical (unpaired) electrons. The van der Waals surface area contributed by atoms with Gasteiger partial charge in [0.05, 0.1) is 46.6 Å². The lowest BCUT2D eigenvalue weighted by atomic mass is 9.82. The van der Waals surface area contributed by atoms with Gasteiger partial charge in [-0.3, -0.25) is 4.79 Å². The highest BCUT2D eigenvalue weighted by Gasteiger charge is 2.37. The minimum Gasteiger partial charge on any atom is -0.478 e. The molecule has 0 bridgehead atoms. The number of fused-ring (bicyclic) bond motifs is 4. The van der Waals surface area contributed by atoms with E-state index in [2.05, 4.69) is 42.9 Å². The van der Waals surface area contributed by atoms with Gasteiger partial charge in [-0.15, -0.1) is 0 Å². The van der Waals surface area contributed by atoms with Crippen molar-refractivity contribution in [1.29, 1.82) is 0 Å². The van der Waals surface area contributed by atoms with Crippen molar-refractivity contribution in [3.8, 4) is 11.5 Å². The van der Waals surface area contributed by atoms with Crippen LogP contribution in [0.1, 0.15) is 118 Å². The Labute approximate surface area is 353 Å². The molecule has 0 spiro atoms. The van der Waals surface area contributed by atoms with E-state index in [1.807, 2.05) is 0 Å². The Morgan fingerprint density at radius 1 is 0.825 bits per heavy atom. The van der Waals surface area contributed by atoms with Crippen LogP contribution in [0.25, 0.3) is 5.57 Å². The van der Waals surface area contributed by atoms with Crippen LogP contribution < -0.4 is 30.1 Å². The molecule has 304 valence electrons. The van der Waals surface area contributed by atoms with Crippen molar-refractivity contribution in [3.05, 3.63) is 83.3 Å². The van der Waals surface area contributed by atoms with Crippen molar-refractivity contribution < 1.29 is 28.9 Å². The number of anilines is 1. The molecule has 1 amide bonds. The van der Waals surface area contributed by atoms with Crippen molar-refractivity contribution in [3.63, 3.8) is 0 Å². The maximum Gasteiger partial charge on any atom is 0.337 e. The SMILES string of the molecule is O=C(NCCOCCOCCCCCCBr)c1cc(Cl)c(C2=c3cc4c5c(c3Oc3c2cc2c6c3CCCN6CCCC2)CCC[N+]=5CCCC4)c(C(=O)O)c1Cl. The highest BCUT2D eigenvalue weighted by atomic mass is 79.9. The van der Waals surface area contributed by atoms with Crippen LogP contribution in [0.2, 0.25) is 10.0 Å². The summed E-state index contributed by atoms with van der Waals surface area (Å²) in [4.78, 5) is 29.6. The number of hydrogen-bond donors (Lipinski definition) is 2. The Morgan fingerprint density at radius 2 is 1.58 bits per heavy atom. The van der Waals surface area contributed by atoms with Gasteiger partial charge in [-0.1, -0.05) is 52.0 Å². The van der Waals surface area contributed by atoms with Crippen LogP contribution >= 0.6 is 39.1 Å². The molecule has 0 unspecified atom stereocenters. The number of alkyl halides is 1. The van der Waals surface area contributed by atoms with Gasteiger partial charge in [-0.25, -0.2) is 9.37 Å². The quantitative estimate of drug-likeness (QED) is 0.0721. The second-order valence-electron chi connectivity index (χ2n) is 15.9. The van der Waals surface area contributed by atoms with Crippen molar-refractivity contribution in [1.82, 2.24) is 9.89 Å². The molecule has 9 nitrogen and oxygen atoms in total. The summed E-state index contributed by atoms with van der Waals surface area (Å²) in [7, 11) is 0. The van der Waals surface area contributed by atoms with E-state index >= 15 is 0 Å². The molecule has 0 saturated carbocycles. The van der Waals surface area contributed by atoms with E-state index in [4.69, 9.17) is 37.4 Å². The number of nitrogens with zero attached hydrogens (tertiary/aromatic N) is 2. The minimum absolute atomic E-state index is 0.0134. The van der Waals surface area contributed by atoms with Crippen LogP contribution in [-0.4, -0.2) is 81.5 Å². The Balaban J connectivity index is 1.17. The van der Waals surface area contributed by atoms with Crippen LogP contribution in [0.5, 0.6) is 11.5 Å². The molecule has 0 aliphatic carbocycles. The standard InChI is InChI=1S/C45H52BrCl2N3O6/c46-15-5-1-2-8-21-55-23-24-56-22-16-49-44(52)34-27-35(47)37(38(39(34)48)45(53)54)36-32-25-28-11-3-6-17-50-19-9-13-30(40(28)50)42(32)57-43-31-14-10-20-51-18-7-4-12-29(41(31)51)26-33(36)43/h25-27H,1-24H2,(H-,49,52,53,54)/p+1. The van der Waals surface area contributed by atoms with E-state index in [-0.39, 0.29) is 34.3 Å². The monoisotopic (exact) mass is 880 g/mol. The van der Waals surface area contributed by atoms with Crippen LogP contribution in [0.15, 0.2) is 18.2 Å². The zero-order valence-electron chi connectivity index (χ0n) is 32.7. The number of carboxylic acid groups (broad SMARTS) is 1. The average molecular weight is 883 g/mol. The number of carboxylic acids is 1. The first-order valence-electron chi connectivity index (χ1n) is 21.1. The summed E-state index contributed by atoms with van der Waals surface area (Å²) in [6.07, 6.45) is 14.6. The molecule has 57 heavy (non-hydrogen) atoms. The number of unbranched alkanes of at least 4 members (excludes halogenated alkanes) is 3. The number of aromatic carboxylic acids is 1. The fourth-order valence-electron chi connectivity index (χ4n) is 9.64. The largest absolute Gasteiger partial charge is 0.478 e. The molecule has 3 aromatic carbocycles. The summed E-state index contributed by atoms with van der Waals surface area (Å²) in [6, 6.07) is 5.99. The van der Waals surface area contributed by atoms with E-state index < -0.39 is 11.9 Å². The fraction of sp³-hybridized carbons (Fsp3) is 0.533. The second kappa shape index (κ2) is 18.4. The van der Waals surface area contributed by atoms with E-state index in [9.17, 15) is 14.7 Å². The number of halogens is 3. The van der Waals surface area contributed by atoms with Gasteiger partial charge in [0, 0.05) is 83.1 Å². The molecule has 5 heterocycles. The summed E-state index contributed by atoms with van der Waals surface area (Å²) in [6.45, 7) is 6.18. The molecule has 0 aromatic heterocycles. The van der Waals surface area contributed by atoms with E-state index in [1.54, 1.807) is 0 Å². The zero-order chi connectivity index (χ0) is 39.5. The first kappa shape index (κ1) is 40.6. The highest BCUT2D eigenvalue weighted by molar-refractivity contribution is 9.09. The van der Waals surface area contributed by atoms with Crippen LogP contribution in [0.4, 0.5) is 5.69 Å². The Bertz CT molecular complexity index is 2190. The smallest absolute Gasteiger partial charge is 0.337 e. The van der Waals surface area contributed by atoms with E-state index in [0.717, 1.165) is 136 Å². The maximum absolute atomic E-state index is 13.6. The van der Waals surface area contributed by atoms with Crippen molar-refractivity contribution in [2.24, 2.45) is 0 Å². The minimum atomic E-state index is -1.25. The van der Waals surface area contributed by atoms with Gasteiger partial charge < -0.3 is 29.5 Å². The van der Waals surface area contributed by atoms with Gasteiger partial charge in [0.1, 0.15) is 24.6 Å². The zero-order valence-corrected chi connectivity index (χ0v) is 35.8. The van der Waals surface area contributed by atoms with Gasteiger partial charge in [-0.05, 0) is 88.0 Å². The molecular formula is C45H53BrCl2N3O6+. The second-order valence-corrected chi connectivity index (χ2v) is 17.5. The molecule has 0 saturated heterocycles. The number of aryl methyl sites for hydroxylation is 2. The summed E-state index contributed by atoms with van der Waals surface area (Å²) in [5.74, 6) is -0.164. The predicted molar refractivity (Wildman–Crippen MR) is 229 cm³/mol. The number of rotatable bonds is 15.